The summed E-state index contributed by atoms with van der Waals surface area (Å²) in [6.45, 7) is 0. The van der Waals surface area contributed by atoms with Gasteiger partial charge in [-0.05, 0) is 29.3 Å². The largest absolute Gasteiger partial charge is 0.497 e. The molecule has 0 aliphatic carbocycles. The van der Waals surface area contributed by atoms with Gasteiger partial charge in [0.15, 0.2) is 0 Å². The van der Waals surface area contributed by atoms with Gasteiger partial charge in [-0.2, -0.15) is 0 Å². The van der Waals surface area contributed by atoms with E-state index in [1.165, 1.54) is 11.3 Å². The summed E-state index contributed by atoms with van der Waals surface area (Å²) in [5, 5.41) is 0.738. The molecule has 0 saturated carbocycles. The zero-order valence-electron chi connectivity index (χ0n) is 14.6. The SMILES string of the molecule is COc1cccc(-c2cc(-c3ccccc3)nc3sc(C(N)=O)c(N)c23)c1. The third-order valence-electron chi connectivity index (χ3n) is 4.37. The molecule has 4 N–H and O–H groups in total. The lowest BCUT2D eigenvalue weighted by molar-refractivity contribution is 0.100. The molecule has 0 saturated heterocycles. The van der Waals surface area contributed by atoms with Crippen molar-refractivity contribution in [1.82, 2.24) is 4.98 Å². The van der Waals surface area contributed by atoms with E-state index < -0.39 is 5.91 Å². The zero-order chi connectivity index (χ0) is 19.0. The molecule has 134 valence electrons. The molecule has 0 fully saturated rings. The normalized spacial score (nSPS) is 10.9. The Hall–Kier alpha value is -3.38. The second-order valence-electron chi connectivity index (χ2n) is 6.04. The van der Waals surface area contributed by atoms with Crippen molar-refractivity contribution in [3.63, 3.8) is 0 Å². The molecule has 6 heteroatoms. The van der Waals surface area contributed by atoms with Crippen LogP contribution in [0.5, 0.6) is 5.75 Å². The third kappa shape index (κ3) is 3.00. The summed E-state index contributed by atoms with van der Waals surface area (Å²) in [6.07, 6.45) is 0. The molecule has 0 unspecified atom stereocenters. The van der Waals surface area contributed by atoms with Gasteiger partial charge in [-0.3, -0.25) is 4.79 Å². The number of ether oxygens (including phenoxy) is 1. The maximum Gasteiger partial charge on any atom is 0.260 e. The van der Waals surface area contributed by atoms with Crippen LogP contribution in [0.2, 0.25) is 0 Å². The smallest absolute Gasteiger partial charge is 0.260 e. The number of benzene rings is 2. The number of primary amides is 1. The van der Waals surface area contributed by atoms with Crippen LogP contribution in [-0.2, 0) is 0 Å². The molecule has 0 aliphatic heterocycles. The minimum absolute atomic E-state index is 0.326. The van der Waals surface area contributed by atoms with Gasteiger partial charge >= 0.3 is 0 Å². The second kappa shape index (κ2) is 6.74. The number of pyridine rings is 1. The van der Waals surface area contributed by atoms with Crippen LogP contribution in [0.4, 0.5) is 5.69 Å². The lowest BCUT2D eigenvalue weighted by Crippen LogP contribution is -2.10. The van der Waals surface area contributed by atoms with Gasteiger partial charge < -0.3 is 16.2 Å². The van der Waals surface area contributed by atoms with Crippen LogP contribution >= 0.6 is 11.3 Å². The number of hydrogen-bond donors (Lipinski definition) is 2. The van der Waals surface area contributed by atoms with Crippen molar-refractivity contribution in [2.75, 3.05) is 12.8 Å². The number of fused-ring (bicyclic) bond motifs is 1. The first-order valence-corrected chi connectivity index (χ1v) is 9.13. The van der Waals surface area contributed by atoms with Crippen LogP contribution in [0, 0.1) is 0 Å². The van der Waals surface area contributed by atoms with Gasteiger partial charge in [0.05, 0.1) is 18.5 Å². The Bertz CT molecular complexity index is 1150. The summed E-state index contributed by atoms with van der Waals surface area (Å²) in [6, 6.07) is 19.6. The number of thiophene rings is 1. The van der Waals surface area contributed by atoms with Gasteiger partial charge in [0, 0.05) is 10.9 Å². The monoisotopic (exact) mass is 375 g/mol. The van der Waals surface area contributed by atoms with Crippen molar-refractivity contribution in [1.29, 1.82) is 0 Å². The summed E-state index contributed by atoms with van der Waals surface area (Å²) in [5.41, 5.74) is 15.8. The van der Waals surface area contributed by atoms with Crippen molar-refractivity contribution in [3.05, 3.63) is 65.5 Å². The summed E-state index contributed by atoms with van der Waals surface area (Å²) < 4.78 is 5.36. The topological polar surface area (TPSA) is 91.2 Å². The third-order valence-corrected chi connectivity index (χ3v) is 5.49. The molecule has 27 heavy (non-hydrogen) atoms. The van der Waals surface area contributed by atoms with E-state index in [0.717, 1.165) is 33.5 Å². The van der Waals surface area contributed by atoms with Gasteiger partial charge in [0.1, 0.15) is 15.5 Å². The van der Waals surface area contributed by atoms with E-state index in [2.05, 4.69) is 0 Å². The van der Waals surface area contributed by atoms with E-state index in [4.69, 9.17) is 21.2 Å². The van der Waals surface area contributed by atoms with E-state index in [-0.39, 0.29) is 0 Å². The Kier molecular flexibility index (Phi) is 4.25. The molecule has 1 amide bonds. The number of hydrogen-bond acceptors (Lipinski definition) is 5. The highest BCUT2D eigenvalue weighted by Crippen LogP contribution is 2.41. The highest BCUT2D eigenvalue weighted by Gasteiger charge is 2.20. The molecule has 2 heterocycles. The minimum atomic E-state index is -0.548. The summed E-state index contributed by atoms with van der Waals surface area (Å²) >= 11 is 1.22. The number of nitrogens with zero attached hydrogens (tertiary/aromatic N) is 1. The second-order valence-corrected chi connectivity index (χ2v) is 7.04. The number of carbonyl (C=O) groups excluding carboxylic acids is 1. The molecule has 5 nitrogen and oxygen atoms in total. The Morgan fingerprint density at radius 2 is 1.78 bits per heavy atom. The highest BCUT2D eigenvalue weighted by molar-refractivity contribution is 7.21. The fraction of sp³-hybridized carbons (Fsp3) is 0.0476. The minimum Gasteiger partial charge on any atom is -0.497 e. The number of aromatic nitrogens is 1. The number of amides is 1. The van der Waals surface area contributed by atoms with E-state index in [1.54, 1.807) is 7.11 Å². The lowest BCUT2D eigenvalue weighted by Gasteiger charge is -2.10. The first kappa shape index (κ1) is 17.1. The Morgan fingerprint density at radius 3 is 2.48 bits per heavy atom. The quantitative estimate of drug-likeness (QED) is 0.556. The predicted octanol–water partition coefficient (Wildman–Crippen LogP) is 4.32. The van der Waals surface area contributed by atoms with Gasteiger partial charge in [-0.1, -0.05) is 42.5 Å². The number of methoxy groups -OCH3 is 1. The van der Waals surface area contributed by atoms with Gasteiger partial charge in [-0.15, -0.1) is 11.3 Å². The lowest BCUT2D eigenvalue weighted by atomic mass is 9.99. The maximum atomic E-state index is 11.8. The standard InChI is InChI=1S/C21H17N3O2S/c1-26-14-9-5-8-13(10-14)15-11-16(12-6-3-2-4-7-12)24-21-17(15)18(22)19(27-21)20(23)25/h2-11H,22H2,1H3,(H2,23,25). The number of anilines is 1. The van der Waals surface area contributed by atoms with E-state index >= 15 is 0 Å². The molecule has 0 aliphatic rings. The molecule has 2 aromatic heterocycles. The first-order valence-electron chi connectivity index (χ1n) is 8.31. The number of nitrogens with two attached hydrogens (primary N) is 2. The summed E-state index contributed by atoms with van der Waals surface area (Å²) in [5.74, 6) is 0.191. The molecule has 4 aromatic rings. The van der Waals surface area contributed by atoms with Gasteiger partial charge in [0.2, 0.25) is 0 Å². The first-order chi connectivity index (χ1) is 13.1. The molecule has 0 radical (unpaired) electrons. The van der Waals surface area contributed by atoms with E-state index in [0.29, 0.717) is 15.4 Å². The number of nitrogen functional groups attached to an aromatic ring is 1. The molecular weight excluding hydrogens is 358 g/mol. The van der Waals surface area contributed by atoms with Crippen molar-refractivity contribution in [2.45, 2.75) is 0 Å². The molecule has 2 aromatic carbocycles. The van der Waals surface area contributed by atoms with Crippen molar-refractivity contribution in [3.8, 4) is 28.1 Å². The van der Waals surface area contributed by atoms with Crippen LogP contribution in [-0.4, -0.2) is 18.0 Å². The Labute approximate surface area is 160 Å². The maximum absolute atomic E-state index is 11.8. The molecule has 4 rings (SSSR count). The highest BCUT2D eigenvalue weighted by atomic mass is 32.1. The van der Waals surface area contributed by atoms with Crippen LogP contribution in [0.3, 0.4) is 0 Å². The van der Waals surface area contributed by atoms with E-state index in [9.17, 15) is 4.79 Å². The Morgan fingerprint density at radius 1 is 1.04 bits per heavy atom. The zero-order valence-corrected chi connectivity index (χ0v) is 15.4. The predicted molar refractivity (Wildman–Crippen MR) is 110 cm³/mol. The van der Waals surface area contributed by atoms with E-state index in [1.807, 2.05) is 60.7 Å². The summed E-state index contributed by atoms with van der Waals surface area (Å²) in [4.78, 5) is 17.5. The van der Waals surface area contributed by atoms with Gasteiger partial charge in [-0.25, -0.2) is 4.98 Å². The van der Waals surface area contributed by atoms with Crippen LogP contribution < -0.4 is 16.2 Å². The van der Waals surface area contributed by atoms with Crippen molar-refractivity contribution in [2.24, 2.45) is 5.73 Å². The molecule has 0 atom stereocenters. The molecule has 0 spiro atoms. The van der Waals surface area contributed by atoms with Crippen molar-refractivity contribution >= 4 is 33.1 Å². The van der Waals surface area contributed by atoms with Crippen LogP contribution in [0.1, 0.15) is 9.67 Å². The van der Waals surface area contributed by atoms with Crippen LogP contribution in [0.15, 0.2) is 60.7 Å². The average Bonchev–Trinajstić information content (AvgIpc) is 3.05. The molecule has 0 bridgehead atoms. The van der Waals surface area contributed by atoms with Crippen LogP contribution in [0.25, 0.3) is 32.6 Å². The number of rotatable bonds is 4. The van der Waals surface area contributed by atoms with Crippen molar-refractivity contribution < 1.29 is 9.53 Å². The molecular formula is C21H17N3O2S. The summed E-state index contributed by atoms with van der Waals surface area (Å²) in [7, 11) is 1.63. The van der Waals surface area contributed by atoms with Gasteiger partial charge in [0.25, 0.3) is 5.91 Å². The average molecular weight is 375 g/mol. The fourth-order valence-electron chi connectivity index (χ4n) is 3.08. The Balaban J connectivity index is 2.06. The fourth-order valence-corrected chi connectivity index (χ4v) is 4.05. The number of carbonyl (C=O) groups is 1.